The van der Waals surface area contributed by atoms with Gasteiger partial charge in [0, 0.05) is 11.8 Å². The van der Waals surface area contributed by atoms with Gasteiger partial charge in [-0.3, -0.25) is 0 Å². The molecule has 1 N–H and O–H groups in total. The van der Waals surface area contributed by atoms with Crippen molar-refractivity contribution in [3.05, 3.63) is 69.9 Å². The van der Waals surface area contributed by atoms with Crippen molar-refractivity contribution in [2.45, 2.75) is 25.9 Å². The second-order valence-corrected chi connectivity index (χ2v) is 6.05. The minimum absolute atomic E-state index is 0.557. The molecule has 3 heteroatoms. The average Bonchev–Trinajstić information content (AvgIpc) is 2.94. The van der Waals surface area contributed by atoms with E-state index in [0.717, 1.165) is 27.4 Å². The number of hydrogen-bond acceptors (Lipinski definition) is 2. The Kier molecular flexibility index (Phi) is 4.13. The summed E-state index contributed by atoms with van der Waals surface area (Å²) in [6, 6.07) is 16.1. The second-order valence-electron chi connectivity index (χ2n) is 5.20. The summed E-state index contributed by atoms with van der Waals surface area (Å²) in [5.41, 5.74) is 3.20. The van der Waals surface area contributed by atoms with Crippen molar-refractivity contribution in [1.82, 2.24) is 0 Å². The topological polar surface area (TPSA) is 33.4 Å². The summed E-state index contributed by atoms with van der Waals surface area (Å²) in [5, 5.41) is 11.4. The first-order valence-corrected chi connectivity index (χ1v) is 7.90. The van der Waals surface area contributed by atoms with Crippen LogP contribution < -0.4 is 0 Å². The maximum Gasteiger partial charge on any atom is 0.148 e. The van der Waals surface area contributed by atoms with Crippen molar-refractivity contribution in [2.24, 2.45) is 0 Å². The second kappa shape index (κ2) is 6.04. The van der Waals surface area contributed by atoms with Crippen LogP contribution in [0.15, 0.2) is 57.4 Å². The molecule has 21 heavy (non-hydrogen) atoms. The Labute approximate surface area is 132 Å². The summed E-state index contributed by atoms with van der Waals surface area (Å²) in [7, 11) is 0. The highest BCUT2D eigenvalue weighted by atomic mass is 79.9. The molecule has 1 atom stereocenters. The number of para-hydroxylation sites is 1. The Hall–Kier alpha value is -1.58. The van der Waals surface area contributed by atoms with Crippen LogP contribution in [0.1, 0.15) is 29.9 Å². The molecule has 1 heterocycles. The molecule has 2 aromatic carbocycles. The molecular weight excluding hydrogens is 328 g/mol. The third kappa shape index (κ3) is 3.04. The number of rotatable bonds is 4. The molecule has 0 aliphatic rings. The lowest BCUT2D eigenvalue weighted by Crippen LogP contribution is -2.00. The Morgan fingerprint density at radius 1 is 1.10 bits per heavy atom. The molecule has 0 aliphatic heterocycles. The maximum atomic E-state index is 10.4. The van der Waals surface area contributed by atoms with Crippen LogP contribution in [0, 0.1) is 0 Å². The van der Waals surface area contributed by atoms with Crippen LogP contribution in [0.5, 0.6) is 0 Å². The van der Waals surface area contributed by atoms with E-state index in [-0.39, 0.29) is 0 Å². The first-order valence-electron chi connectivity index (χ1n) is 7.11. The molecule has 1 aromatic heterocycles. The molecule has 0 spiro atoms. The molecule has 0 fully saturated rings. The quantitative estimate of drug-likeness (QED) is 0.719. The van der Waals surface area contributed by atoms with Gasteiger partial charge < -0.3 is 9.52 Å². The molecule has 0 saturated heterocycles. The van der Waals surface area contributed by atoms with Gasteiger partial charge in [0.05, 0.1) is 4.47 Å². The Morgan fingerprint density at radius 2 is 1.81 bits per heavy atom. The zero-order chi connectivity index (χ0) is 14.8. The zero-order valence-electron chi connectivity index (χ0n) is 11.8. The predicted octanol–water partition coefficient (Wildman–Crippen LogP) is 5.03. The number of aliphatic hydroxyl groups is 1. The lowest BCUT2D eigenvalue weighted by molar-refractivity contribution is 0.152. The van der Waals surface area contributed by atoms with Crippen molar-refractivity contribution < 1.29 is 9.52 Å². The van der Waals surface area contributed by atoms with Gasteiger partial charge in [-0.15, -0.1) is 0 Å². The van der Waals surface area contributed by atoms with Crippen molar-refractivity contribution in [3.8, 4) is 0 Å². The first-order chi connectivity index (χ1) is 10.2. The lowest BCUT2D eigenvalue weighted by atomic mass is 10.0. The third-order valence-electron chi connectivity index (χ3n) is 3.70. The van der Waals surface area contributed by atoms with E-state index in [1.165, 1.54) is 5.56 Å². The number of benzene rings is 2. The van der Waals surface area contributed by atoms with E-state index in [1.54, 1.807) is 0 Å². The average molecular weight is 345 g/mol. The lowest BCUT2D eigenvalue weighted by Gasteiger charge is -2.08. The van der Waals surface area contributed by atoms with Gasteiger partial charge in [-0.2, -0.15) is 0 Å². The summed E-state index contributed by atoms with van der Waals surface area (Å²) < 4.78 is 6.69. The summed E-state index contributed by atoms with van der Waals surface area (Å²) >= 11 is 3.47. The summed E-state index contributed by atoms with van der Waals surface area (Å²) in [4.78, 5) is 0. The van der Waals surface area contributed by atoms with E-state index < -0.39 is 6.10 Å². The summed E-state index contributed by atoms with van der Waals surface area (Å²) in [6.07, 6.45) is 0.957. The Balaban J connectivity index is 1.82. The van der Waals surface area contributed by atoms with Crippen LogP contribution >= 0.6 is 15.9 Å². The van der Waals surface area contributed by atoms with E-state index in [2.05, 4.69) is 47.1 Å². The van der Waals surface area contributed by atoms with Gasteiger partial charge in [0.2, 0.25) is 0 Å². The number of fused-ring (bicyclic) bond motifs is 1. The zero-order valence-corrected chi connectivity index (χ0v) is 13.4. The van der Waals surface area contributed by atoms with Gasteiger partial charge in [-0.1, -0.05) is 43.3 Å². The molecule has 0 bridgehead atoms. The fourth-order valence-corrected chi connectivity index (χ4v) is 2.91. The standard InChI is InChI=1S/C18H17BrO2/c1-2-12-6-8-13(9-7-12)10-16(20)17-11-14-4-3-5-15(19)18(14)21-17/h3-9,11,16,20H,2,10H2,1H3. The number of halogens is 1. The van der Waals surface area contributed by atoms with E-state index >= 15 is 0 Å². The minimum Gasteiger partial charge on any atom is -0.457 e. The van der Waals surface area contributed by atoms with Crippen LogP contribution in [-0.2, 0) is 12.8 Å². The van der Waals surface area contributed by atoms with Crippen molar-refractivity contribution >= 4 is 26.9 Å². The molecule has 3 aromatic rings. The maximum absolute atomic E-state index is 10.4. The molecule has 1 unspecified atom stereocenters. The highest BCUT2D eigenvalue weighted by Gasteiger charge is 2.15. The van der Waals surface area contributed by atoms with Crippen LogP contribution in [0.2, 0.25) is 0 Å². The van der Waals surface area contributed by atoms with Gasteiger partial charge in [-0.05, 0) is 45.6 Å². The summed E-state index contributed by atoms with van der Waals surface area (Å²) in [6.45, 7) is 2.14. The van der Waals surface area contributed by atoms with Gasteiger partial charge in [-0.25, -0.2) is 0 Å². The number of aliphatic hydroxyl groups excluding tert-OH is 1. The van der Waals surface area contributed by atoms with Crippen molar-refractivity contribution in [2.75, 3.05) is 0 Å². The SMILES string of the molecule is CCc1ccc(CC(O)c2cc3cccc(Br)c3o2)cc1. The first kappa shape index (κ1) is 14.4. The molecule has 0 radical (unpaired) electrons. The van der Waals surface area contributed by atoms with Gasteiger partial charge in [0.1, 0.15) is 17.4 Å². The van der Waals surface area contributed by atoms with E-state index in [1.807, 2.05) is 24.3 Å². The number of furan rings is 1. The van der Waals surface area contributed by atoms with Gasteiger partial charge in [0.15, 0.2) is 0 Å². The minimum atomic E-state index is -0.628. The molecular formula is C18H17BrO2. The molecule has 0 saturated carbocycles. The van der Waals surface area contributed by atoms with Gasteiger partial charge in [0.25, 0.3) is 0 Å². The Morgan fingerprint density at radius 3 is 2.48 bits per heavy atom. The molecule has 2 nitrogen and oxygen atoms in total. The number of aryl methyl sites for hydroxylation is 1. The van der Waals surface area contributed by atoms with Crippen LogP contribution in [-0.4, -0.2) is 5.11 Å². The summed E-state index contributed by atoms with van der Waals surface area (Å²) in [5.74, 6) is 0.608. The Bertz CT molecular complexity index is 744. The monoisotopic (exact) mass is 344 g/mol. The van der Waals surface area contributed by atoms with E-state index in [9.17, 15) is 5.11 Å². The predicted molar refractivity (Wildman–Crippen MR) is 88.4 cm³/mol. The van der Waals surface area contributed by atoms with Crippen molar-refractivity contribution in [3.63, 3.8) is 0 Å². The van der Waals surface area contributed by atoms with Crippen molar-refractivity contribution in [1.29, 1.82) is 0 Å². The fraction of sp³-hybridized carbons (Fsp3) is 0.222. The largest absolute Gasteiger partial charge is 0.457 e. The van der Waals surface area contributed by atoms with Crippen LogP contribution in [0.4, 0.5) is 0 Å². The highest BCUT2D eigenvalue weighted by molar-refractivity contribution is 9.10. The van der Waals surface area contributed by atoms with Gasteiger partial charge >= 0.3 is 0 Å². The normalized spacial score (nSPS) is 12.7. The van der Waals surface area contributed by atoms with Crippen LogP contribution in [0.25, 0.3) is 11.0 Å². The highest BCUT2D eigenvalue weighted by Crippen LogP contribution is 2.30. The third-order valence-corrected chi connectivity index (χ3v) is 4.33. The number of hydrogen-bond donors (Lipinski definition) is 1. The molecule has 0 amide bonds. The molecule has 0 aliphatic carbocycles. The van der Waals surface area contributed by atoms with Crippen LogP contribution in [0.3, 0.4) is 0 Å². The fourth-order valence-electron chi connectivity index (χ4n) is 2.45. The van der Waals surface area contributed by atoms with E-state index in [0.29, 0.717) is 12.2 Å². The molecule has 3 rings (SSSR count). The smallest absolute Gasteiger partial charge is 0.148 e. The van der Waals surface area contributed by atoms with E-state index in [4.69, 9.17) is 4.42 Å². The molecule has 108 valence electrons.